The molecule has 0 aromatic heterocycles. The first-order valence-corrected chi connectivity index (χ1v) is 34.9. The molecule has 5 rings (SSSR count). The van der Waals surface area contributed by atoms with Gasteiger partial charge in [0.2, 0.25) is 0 Å². The fourth-order valence-electron chi connectivity index (χ4n) is 7.79. The molecule has 5 fully saturated rings. The third-order valence-electron chi connectivity index (χ3n) is 9.54. The number of ether oxygens (including phenoxy) is 1. The van der Waals surface area contributed by atoms with Gasteiger partial charge in [0.1, 0.15) is 5.60 Å². The summed E-state index contributed by atoms with van der Waals surface area (Å²) in [6, 6.07) is 0. The van der Waals surface area contributed by atoms with E-state index >= 15 is 0 Å². The molecule has 4 aliphatic carbocycles. The molecule has 0 aromatic rings. The third-order valence-corrected chi connectivity index (χ3v) is 9.54. The Morgan fingerprint density at radius 2 is 1.44 bits per heavy atom. The first-order chi connectivity index (χ1) is 15.9. The average Bonchev–Trinajstić information content (AvgIpc) is 3.13. The monoisotopic (exact) mass is 1110 g/mol. The quantitative estimate of drug-likeness (QED) is 0.145. The van der Waals surface area contributed by atoms with Gasteiger partial charge < -0.3 is 14.9 Å². The summed E-state index contributed by atoms with van der Waals surface area (Å²) in [4.78, 5) is -0.278. The minimum absolute atomic E-state index is 0.0313. The van der Waals surface area contributed by atoms with Crippen molar-refractivity contribution in [2.24, 2.45) is 22.7 Å². The van der Waals surface area contributed by atoms with E-state index in [1.54, 1.807) is 5.57 Å². The van der Waals surface area contributed by atoms with Crippen LogP contribution < -0.4 is 0 Å². The van der Waals surface area contributed by atoms with Crippen LogP contribution in [0.3, 0.4) is 0 Å². The summed E-state index contributed by atoms with van der Waals surface area (Å²) in [5.41, 5.74) is 2.35. The Morgan fingerprint density at radius 3 is 1.94 bits per heavy atom. The van der Waals surface area contributed by atoms with Crippen molar-refractivity contribution in [3.05, 3.63) is 11.6 Å². The molecular weight excluding hydrogens is 1070 g/mol. The molecule has 10 heteroatoms. The van der Waals surface area contributed by atoms with Gasteiger partial charge in [-0.15, -0.1) is 0 Å². The van der Waals surface area contributed by atoms with Crippen LogP contribution in [-0.4, -0.2) is 34.1 Å². The van der Waals surface area contributed by atoms with E-state index in [9.17, 15) is 10.2 Å². The van der Waals surface area contributed by atoms with Crippen molar-refractivity contribution in [1.82, 2.24) is 0 Å². The molecule has 1 spiro atoms. The molecule has 1 aliphatic heterocycles. The van der Waals surface area contributed by atoms with Crippen molar-refractivity contribution in [2.45, 2.75) is 116 Å². The molecule has 8 atom stereocenters. The van der Waals surface area contributed by atoms with Gasteiger partial charge in [0.05, 0.1) is 18.3 Å². The van der Waals surface area contributed by atoms with E-state index in [2.05, 4.69) is 134 Å². The molecule has 1 heterocycles. The van der Waals surface area contributed by atoms with Crippen molar-refractivity contribution in [1.29, 1.82) is 0 Å². The molecule has 5 aliphatic rings. The van der Waals surface area contributed by atoms with E-state index in [1.807, 2.05) is 0 Å². The maximum absolute atomic E-state index is 10.0. The number of hydrogen-bond donors (Lipinski definition) is 2. The zero-order valence-corrected chi connectivity index (χ0v) is 34.2. The number of hydrogen-bond acceptors (Lipinski definition) is 3. The van der Waals surface area contributed by atoms with Crippen LogP contribution in [-0.2, 0) is 19.1 Å². The summed E-state index contributed by atoms with van der Waals surface area (Å²) < 4.78 is 5.88. The van der Waals surface area contributed by atoms with Crippen LogP contribution in [0.15, 0.2) is 11.6 Å². The summed E-state index contributed by atoms with van der Waals surface area (Å²) in [7, 11) is 0.628. The molecule has 0 aromatic carbocycles. The molecule has 0 bridgehead atoms. The van der Waals surface area contributed by atoms with Crippen molar-refractivity contribution in [3.63, 3.8) is 0 Å². The van der Waals surface area contributed by atoms with Gasteiger partial charge in [0.15, 0.2) is 0 Å². The first kappa shape index (κ1) is 34.6. The predicted octanol–water partition coefficient (Wildman–Crippen LogP) is 9.42. The van der Waals surface area contributed by atoms with Gasteiger partial charge in [-0.1, -0.05) is 31.9 Å². The van der Waals surface area contributed by atoms with Crippen LogP contribution in [0.2, 0.25) is 0 Å². The summed E-state index contributed by atoms with van der Waals surface area (Å²) in [6.07, 6.45) is 14.3. The van der Waals surface area contributed by atoms with Gasteiger partial charge >= 0.3 is 114 Å². The van der Waals surface area contributed by atoms with Gasteiger partial charge in [-0.05, 0) is 88.9 Å². The molecule has 199 valence electrons. The Kier molecular flexibility index (Phi) is 15.9. The van der Waals surface area contributed by atoms with Crippen LogP contribution >= 0.6 is 99.9 Å². The Labute approximate surface area is 274 Å². The fraction of sp³-hybridized carbons (Fsp3) is 0.917. The van der Waals surface area contributed by atoms with Crippen LogP contribution in [0.5, 0.6) is 0 Å². The molecule has 0 amide bonds. The number of allylic oxidation sites excluding steroid dienone is 2. The normalized spacial score (nSPS) is 45.2. The zero-order chi connectivity index (χ0) is 25.7. The van der Waals surface area contributed by atoms with Crippen LogP contribution in [0, 0.1) is 22.7 Å². The molecule has 34 heavy (non-hydrogen) atoms. The van der Waals surface area contributed by atoms with Crippen molar-refractivity contribution < 1.29 is 29.3 Å². The Bertz CT molecular complexity index is 684. The molecule has 4 saturated carbocycles. The minimum atomic E-state index is -0.278. The topological polar surface area (TPSA) is 53.0 Å². The zero-order valence-electron chi connectivity index (χ0n) is 20.6. The van der Waals surface area contributed by atoms with E-state index in [-0.39, 0.29) is 28.1 Å². The average molecular weight is 1110 g/mol. The van der Waals surface area contributed by atoms with Crippen molar-refractivity contribution in [3.8, 4) is 0 Å². The van der Waals surface area contributed by atoms with E-state index in [0.29, 0.717) is 32.8 Å². The molecule has 3 nitrogen and oxygen atoms in total. The Hall–Kier alpha value is 4.44. The van der Waals surface area contributed by atoms with Gasteiger partial charge in [0, 0.05) is 5.41 Å². The number of rotatable bonds is 0. The maximum atomic E-state index is 10.0. The Balaban J connectivity index is 0.000000190. The summed E-state index contributed by atoms with van der Waals surface area (Å²) in [5, 5.41) is 20.0. The Morgan fingerprint density at radius 1 is 0.941 bits per heavy atom. The second kappa shape index (κ2) is 15.6. The predicted molar refractivity (Wildman–Crippen MR) is 179 cm³/mol. The van der Waals surface area contributed by atoms with Crippen LogP contribution in [0.4, 0.5) is 0 Å². The fourth-order valence-corrected chi connectivity index (χ4v) is 7.79. The third kappa shape index (κ3) is 8.04. The molecule has 0 radical (unpaired) electrons. The van der Waals surface area contributed by atoms with E-state index < -0.39 is 0 Å². The summed E-state index contributed by atoms with van der Waals surface area (Å²) >= 11 is 12.1. The van der Waals surface area contributed by atoms with Crippen LogP contribution in [0.1, 0.15) is 91.9 Å². The molecule has 2 N–H and O–H groups in total. The first-order valence-electron chi connectivity index (χ1n) is 12.3. The summed E-state index contributed by atoms with van der Waals surface area (Å²) in [6.45, 7) is 9.03. The van der Waals surface area contributed by atoms with Gasteiger partial charge in [-0.25, -0.2) is 0 Å². The van der Waals surface area contributed by atoms with Crippen molar-refractivity contribution >= 4 is 99.9 Å². The van der Waals surface area contributed by atoms with E-state index in [4.69, 9.17) is 4.74 Å². The standard InChI is InChI=1S/C12H20O2.C12H20O.5HI.2V/c1-8-12(14-8)7-5-9-10(13)4-3-6-11(9,12)2;1-3-9-6-7-10-11(13)5-4-8-12(9,10)2;;;;;;;/h8-10,13H,3-7H2,1-2H3;3,10-11,13H,4-8H2,1-2H3;5*1H;;/q;;;;;;;+2;+3/p-5/b;9-3-;;;;;;;/t8-,9?,10?,11-,12?;10?,11?,12-;;;;;;;/m01......./s1. The number of halogens is 5. The van der Waals surface area contributed by atoms with Gasteiger partial charge in [0.25, 0.3) is 0 Å². The second-order valence-corrected chi connectivity index (χ2v) is 57.9. The van der Waals surface area contributed by atoms with Crippen molar-refractivity contribution in [2.75, 3.05) is 0 Å². The van der Waals surface area contributed by atoms with Gasteiger partial charge in [-0.3, -0.25) is 0 Å². The SMILES string of the molecule is C/C=C1/CCC2C(O)CCC[C@]12C.C[C@@H]1OC12CCC1C(O)CCC[C@@]12C.[I][V]([I])[I].[I][V][I]. The number of fused-ring (bicyclic) bond motifs is 3. The summed E-state index contributed by atoms with van der Waals surface area (Å²) in [5.74, 6) is 1.05. The number of aliphatic hydroxyl groups excluding tert-OH is 2. The van der Waals surface area contributed by atoms with E-state index in [1.165, 1.54) is 51.4 Å². The second-order valence-electron chi connectivity index (χ2n) is 10.8. The van der Waals surface area contributed by atoms with E-state index in [0.717, 1.165) is 12.8 Å². The van der Waals surface area contributed by atoms with Gasteiger partial charge in [-0.2, -0.15) is 0 Å². The number of aliphatic hydroxyl groups is 2. The molecular formula is C24H40I5O3V2. The number of epoxide rings is 1. The molecule has 5 unspecified atom stereocenters. The molecule has 1 saturated heterocycles. The van der Waals surface area contributed by atoms with Crippen LogP contribution in [0.25, 0.3) is 0 Å².